The second kappa shape index (κ2) is 6.07. The highest BCUT2D eigenvalue weighted by atomic mass is 79.9. The molecular formula is C13H17BrClNO. The molecule has 0 aliphatic carbocycles. The first kappa shape index (κ1) is 13.2. The van der Waals surface area contributed by atoms with Crippen LogP contribution in [-0.2, 0) is 10.6 Å². The molecular weight excluding hydrogens is 302 g/mol. The standard InChI is InChI=1S/C13H17BrClNO/c1-16(12-4-6-17-7-5-12)13-8-11(14)3-2-10(13)9-15/h2-3,8,12H,4-7,9H2,1H3. The lowest BCUT2D eigenvalue weighted by Crippen LogP contribution is -2.37. The Morgan fingerprint density at radius 2 is 2.12 bits per heavy atom. The van der Waals surface area contributed by atoms with E-state index in [1.165, 1.54) is 11.3 Å². The highest BCUT2D eigenvalue weighted by molar-refractivity contribution is 9.10. The first-order chi connectivity index (χ1) is 8.22. The van der Waals surface area contributed by atoms with Gasteiger partial charge in [-0.3, -0.25) is 0 Å². The Hall–Kier alpha value is -0.250. The van der Waals surface area contributed by atoms with Gasteiger partial charge in [-0.1, -0.05) is 22.0 Å². The Balaban J connectivity index is 2.21. The van der Waals surface area contributed by atoms with Gasteiger partial charge >= 0.3 is 0 Å². The number of anilines is 1. The van der Waals surface area contributed by atoms with Crippen LogP contribution in [-0.4, -0.2) is 26.3 Å². The maximum Gasteiger partial charge on any atom is 0.0494 e. The third-order valence-corrected chi connectivity index (χ3v) is 4.09. The van der Waals surface area contributed by atoms with Gasteiger partial charge < -0.3 is 9.64 Å². The molecule has 1 fully saturated rings. The van der Waals surface area contributed by atoms with Crippen LogP contribution in [0.5, 0.6) is 0 Å². The average Bonchev–Trinajstić information content (AvgIpc) is 2.39. The van der Waals surface area contributed by atoms with Crippen LogP contribution in [0.3, 0.4) is 0 Å². The fraction of sp³-hybridized carbons (Fsp3) is 0.538. The molecule has 0 unspecified atom stereocenters. The van der Waals surface area contributed by atoms with Crippen molar-refractivity contribution in [2.75, 3.05) is 25.2 Å². The summed E-state index contributed by atoms with van der Waals surface area (Å²) in [5.74, 6) is 0.552. The normalized spacial score (nSPS) is 17.1. The summed E-state index contributed by atoms with van der Waals surface area (Å²) < 4.78 is 6.50. The fourth-order valence-corrected chi connectivity index (χ4v) is 2.82. The first-order valence-corrected chi connectivity index (χ1v) is 7.20. The van der Waals surface area contributed by atoms with Gasteiger partial charge in [0.05, 0.1) is 0 Å². The van der Waals surface area contributed by atoms with E-state index in [1.807, 2.05) is 6.07 Å². The summed E-state index contributed by atoms with van der Waals surface area (Å²) in [4.78, 5) is 2.34. The molecule has 94 valence electrons. The van der Waals surface area contributed by atoms with Crippen LogP contribution in [0.25, 0.3) is 0 Å². The van der Waals surface area contributed by atoms with E-state index in [9.17, 15) is 0 Å². The van der Waals surface area contributed by atoms with E-state index in [2.05, 4.69) is 40.0 Å². The van der Waals surface area contributed by atoms with Crippen molar-refractivity contribution in [1.82, 2.24) is 0 Å². The van der Waals surface area contributed by atoms with Crippen molar-refractivity contribution in [3.05, 3.63) is 28.2 Å². The van der Waals surface area contributed by atoms with Gasteiger partial charge in [0.2, 0.25) is 0 Å². The summed E-state index contributed by atoms with van der Waals surface area (Å²) >= 11 is 9.52. The van der Waals surface area contributed by atoms with Gasteiger partial charge in [0.1, 0.15) is 0 Å². The number of hydrogen-bond donors (Lipinski definition) is 0. The third kappa shape index (κ3) is 3.15. The molecule has 17 heavy (non-hydrogen) atoms. The molecule has 2 nitrogen and oxygen atoms in total. The van der Waals surface area contributed by atoms with Crippen molar-refractivity contribution in [3.8, 4) is 0 Å². The summed E-state index contributed by atoms with van der Waals surface area (Å²) in [7, 11) is 2.15. The molecule has 1 aliphatic heterocycles. The van der Waals surface area contributed by atoms with Gasteiger partial charge in [0.25, 0.3) is 0 Å². The molecule has 0 amide bonds. The molecule has 1 aromatic carbocycles. The van der Waals surface area contributed by atoms with Crippen LogP contribution in [0.2, 0.25) is 0 Å². The Morgan fingerprint density at radius 3 is 2.76 bits per heavy atom. The monoisotopic (exact) mass is 317 g/mol. The number of halogens is 2. The van der Waals surface area contributed by atoms with Crippen molar-refractivity contribution >= 4 is 33.2 Å². The zero-order valence-electron chi connectivity index (χ0n) is 9.96. The molecule has 0 aromatic heterocycles. The molecule has 1 aromatic rings. The van der Waals surface area contributed by atoms with E-state index in [-0.39, 0.29) is 0 Å². The van der Waals surface area contributed by atoms with E-state index in [0.29, 0.717) is 11.9 Å². The molecule has 1 aliphatic rings. The van der Waals surface area contributed by atoms with Crippen LogP contribution >= 0.6 is 27.5 Å². The second-order valence-corrected chi connectivity index (χ2v) is 5.54. The number of hydrogen-bond acceptors (Lipinski definition) is 2. The van der Waals surface area contributed by atoms with E-state index in [0.717, 1.165) is 30.5 Å². The largest absolute Gasteiger partial charge is 0.381 e. The van der Waals surface area contributed by atoms with Gasteiger partial charge in [-0.05, 0) is 30.5 Å². The fourth-order valence-electron chi connectivity index (χ4n) is 2.25. The SMILES string of the molecule is CN(c1cc(Br)ccc1CCl)C1CCOCC1. The minimum atomic E-state index is 0.552. The molecule has 0 bridgehead atoms. The van der Waals surface area contributed by atoms with Gasteiger partial charge in [-0.25, -0.2) is 0 Å². The maximum atomic E-state index is 6.00. The molecule has 1 heterocycles. The van der Waals surface area contributed by atoms with Gasteiger partial charge in [0, 0.05) is 42.3 Å². The van der Waals surface area contributed by atoms with Crippen molar-refractivity contribution < 1.29 is 4.74 Å². The second-order valence-electron chi connectivity index (χ2n) is 4.36. The van der Waals surface area contributed by atoms with Crippen LogP contribution in [0.1, 0.15) is 18.4 Å². The summed E-state index contributed by atoms with van der Waals surface area (Å²) in [6.07, 6.45) is 2.18. The molecule has 0 radical (unpaired) electrons. The first-order valence-electron chi connectivity index (χ1n) is 5.87. The zero-order chi connectivity index (χ0) is 12.3. The molecule has 4 heteroatoms. The number of rotatable bonds is 3. The minimum Gasteiger partial charge on any atom is -0.381 e. The van der Waals surface area contributed by atoms with Crippen LogP contribution in [0, 0.1) is 0 Å². The number of benzene rings is 1. The number of ether oxygens (including phenoxy) is 1. The Labute approximate surface area is 116 Å². The Morgan fingerprint density at radius 1 is 1.41 bits per heavy atom. The quantitative estimate of drug-likeness (QED) is 0.786. The molecule has 1 saturated heterocycles. The highest BCUT2D eigenvalue weighted by Crippen LogP contribution is 2.29. The average molecular weight is 319 g/mol. The minimum absolute atomic E-state index is 0.552. The van der Waals surface area contributed by atoms with E-state index >= 15 is 0 Å². The molecule has 0 atom stereocenters. The topological polar surface area (TPSA) is 12.5 Å². The van der Waals surface area contributed by atoms with Crippen molar-refractivity contribution in [2.24, 2.45) is 0 Å². The van der Waals surface area contributed by atoms with E-state index < -0.39 is 0 Å². The highest BCUT2D eigenvalue weighted by Gasteiger charge is 2.20. The lowest BCUT2D eigenvalue weighted by Gasteiger charge is -2.34. The lowest BCUT2D eigenvalue weighted by atomic mass is 10.1. The molecule has 0 N–H and O–H groups in total. The zero-order valence-corrected chi connectivity index (χ0v) is 12.3. The summed E-state index contributed by atoms with van der Waals surface area (Å²) in [6.45, 7) is 1.72. The Bertz CT molecular complexity index is 380. The van der Waals surface area contributed by atoms with Crippen molar-refractivity contribution in [1.29, 1.82) is 0 Å². The van der Waals surface area contributed by atoms with Crippen molar-refractivity contribution in [3.63, 3.8) is 0 Å². The number of alkyl halides is 1. The molecule has 0 spiro atoms. The lowest BCUT2D eigenvalue weighted by molar-refractivity contribution is 0.0854. The summed E-state index contributed by atoms with van der Waals surface area (Å²) in [5.41, 5.74) is 2.41. The predicted molar refractivity (Wildman–Crippen MR) is 75.9 cm³/mol. The molecule has 0 saturated carbocycles. The van der Waals surface area contributed by atoms with Gasteiger partial charge in [0.15, 0.2) is 0 Å². The smallest absolute Gasteiger partial charge is 0.0494 e. The van der Waals surface area contributed by atoms with Crippen LogP contribution in [0.15, 0.2) is 22.7 Å². The Kier molecular flexibility index (Phi) is 4.71. The van der Waals surface area contributed by atoms with Crippen molar-refractivity contribution in [2.45, 2.75) is 24.8 Å². The van der Waals surface area contributed by atoms with Crippen LogP contribution in [0.4, 0.5) is 5.69 Å². The van der Waals surface area contributed by atoms with Crippen LogP contribution < -0.4 is 4.90 Å². The summed E-state index contributed by atoms with van der Waals surface area (Å²) in [6, 6.07) is 6.83. The van der Waals surface area contributed by atoms with Gasteiger partial charge in [-0.15, -0.1) is 11.6 Å². The van der Waals surface area contributed by atoms with Gasteiger partial charge in [-0.2, -0.15) is 0 Å². The predicted octanol–water partition coefficient (Wildman–Crippen LogP) is 3.80. The number of nitrogens with zero attached hydrogens (tertiary/aromatic N) is 1. The third-order valence-electron chi connectivity index (χ3n) is 3.31. The van der Waals surface area contributed by atoms with E-state index in [1.54, 1.807) is 0 Å². The molecule has 2 rings (SSSR count). The maximum absolute atomic E-state index is 6.00. The van der Waals surface area contributed by atoms with E-state index in [4.69, 9.17) is 16.3 Å². The summed E-state index contributed by atoms with van der Waals surface area (Å²) in [5, 5.41) is 0.